The molecule has 4 nitrogen and oxygen atoms in total. The second kappa shape index (κ2) is 7.81. The highest BCUT2D eigenvalue weighted by atomic mass is 16.5. The van der Waals surface area contributed by atoms with E-state index in [9.17, 15) is 0 Å². The number of hydrogen-bond donors (Lipinski definition) is 0. The molecule has 1 aliphatic heterocycles. The van der Waals surface area contributed by atoms with E-state index < -0.39 is 0 Å². The highest BCUT2D eigenvalue weighted by Gasteiger charge is 2.07. The third-order valence-electron chi connectivity index (χ3n) is 3.04. The SMILES string of the molecule is COc1ccc(OCC=CCN2CCOCC2)cc1. The van der Waals surface area contributed by atoms with Crippen LogP contribution < -0.4 is 9.47 Å². The van der Waals surface area contributed by atoms with E-state index in [0.717, 1.165) is 44.3 Å². The van der Waals surface area contributed by atoms with Gasteiger partial charge in [0.25, 0.3) is 0 Å². The maximum atomic E-state index is 5.61. The zero-order chi connectivity index (χ0) is 13.3. The first-order valence-electron chi connectivity index (χ1n) is 6.60. The van der Waals surface area contributed by atoms with Gasteiger partial charge in [0.05, 0.1) is 20.3 Å². The molecule has 4 heteroatoms. The van der Waals surface area contributed by atoms with Gasteiger partial charge in [-0.3, -0.25) is 4.90 Å². The van der Waals surface area contributed by atoms with Crippen molar-refractivity contribution < 1.29 is 14.2 Å². The number of methoxy groups -OCH3 is 1. The van der Waals surface area contributed by atoms with Gasteiger partial charge in [0.15, 0.2) is 0 Å². The van der Waals surface area contributed by atoms with Crippen molar-refractivity contribution in [1.82, 2.24) is 4.90 Å². The molecule has 1 saturated heterocycles. The van der Waals surface area contributed by atoms with Crippen molar-refractivity contribution in [2.24, 2.45) is 0 Å². The van der Waals surface area contributed by atoms with E-state index in [0.29, 0.717) is 6.61 Å². The van der Waals surface area contributed by atoms with E-state index in [4.69, 9.17) is 14.2 Å². The van der Waals surface area contributed by atoms with E-state index in [1.54, 1.807) is 7.11 Å². The molecule has 104 valence electrons. The lowest BCUT2D eigenvalue weighted by atomic mass is 10.3. The maximum absolute atomic E-state index is 5.61. The molecule has 1 aliphatic rings. The zero-order valence-corrected chi connectivity index (χ0v) is 11.4. The van der Waals surface area contributed by atoms with Crippen LogP contribution in [0.25, 0.3) is 0 Å². The first-order valence-corrected chi connectivity index (χ1v) is 6.60. The number of benzene rings is 1. The van der Waals surface area contributed by atoms with Crippen LogP contribution in [-0.4, -0.2) is 51.5 Å². The van der Waals surface area contributed by atoms with Gasteiger partial charge in [-0.15, -0.1) is 0 Å². The van der Waals surface area contributed by atoms with E-state index in [-0.39, 0.29) is 0 Å². The summed E-state index contributed by atoms with van der Waals surface area (Å²) >= 11 is 0. The summed E-state index contributed by atoms with van der Waals surface area (Å²) in [4.78, 5) is 2.37. The molecule has 0 spiro atoms. The standard InChI is InChI=1S/C15H21NO3/c1-17-14-4-6-15(7-5-14)19-11-3-2-8-16-9-12-18-13-10-16/h2-7H,8-13H2,1H3. The summed E-state index contributed by atoms with van der Waals surface area (Å²) in [7, 11) is 1.66. The molecule has 1 fully saturated rings. The normalized spacial score (nSPS) is 16.7. The highest BCUT2D eigenvalue weighted by molar-refractivity contribution is 5.31. The van der Waals surface area contributed by atoms with Gasteiger partial charge in [0.2, 0.25) is 0 Å². The van der Waals surface area contributed by atoms with E-state index in [2.05, 4.69) is 17.1 Å². The van der Waals surface area contributed by atoms with Crippen molar-refractivity contribution in [3.05, 3.63) is 36.4 Å². The molecule has 0 amide bonds. The average Bonchev–Trinajstić information content (AvgIpc) is 2.49. The molecule has 0 aromatic heterocycles. The minimum atomic E-state index is 0.594. The predicted molar refractivity (Wildman–Crippen MR) is 74.9 cm³/mol. The summed E-state index contributed by atoms with van der Waals surface area (Å²) in [5.74, 6) is 1.70. The Hall–Kier alpha value is -1.52. The summed E-state index contributed by atoms with van der Waals surface area (Å²) in [5, 5.41) is 0. The fourth-order valence-corrected chi connectivity index (χ4v) is 1.89. The maximum Gasteiger partial charge on any atom is 0.120 e. The van der Waals surface area contributed by atoms with Gasteiger partial charge in [-0.05, 0) is 24.3 Å². The molecular weight excluding hydrogens is 242 g/mol. The summed E-state index contributed by atoms with van der Waals surface area (Å²) in [5.41, 5.74) is 0. The van der Waals surface area contributed by atoms with Crippen LogP contribution in [0.15, 0.2) is 36.4 Å². The number of hydrogen-bond acceptors (Lipinski definition) is 4. The van der Waals surface area contributed by atoms with Crippen molar-refractivity contribution in [2.45, 2.75) is 0 Å². The van der Waals surface area contributed by atoms with Gasteiger partial charge in [0.1, 0.15) is 18.1 Å². The molecule has 19 heavy (non-hydrogen) atoms. The molecule has 1 heterocycles. The van der Waals surface area contributed by atoms with Crippen LogP contribution in [0.5, 0.6) is 11.5 Å². The minimum Gasteiger partial charge on any atom is -0.497 e. The first-order chi connectivity index (χ1) is 9.38. The van der Waals surface area contributed by atoms with Crippen LogP contribution in [-0.2, 0) is 4.74 Å². The first kappa shape index (κ1) is 13.9. The van der Waals surface area contributed by atoms with Crippen molar-refractivity contribution in [3.8, 4) is 11.5 Å². The Balaban J connectivity index is 1.64. The van der Waals surface area contributed by atoms with Gasteiger partial charge in [0, 0.05) is 19.6 Å². The quantitative estimate of drug-likeness (QED) is 0.734. The van der Waals surface area contributed by atoms with Crippen LogP contribution in [0.3, 0.4) is 0 Å². The predicted octanol–water partition coefficient (Wildman–Crippen LogP) is 1.96. The topological polar surface area (TPSA) is 30.9 Å². The lowest BCUT2D eigenvalue weighted by molar-refractivity contribution is 0.0434. The van der Waals surface area contributed by atoms with Gasteiger partial charge in [-0.25, -0.2) is 0 Å². The minimum absolute atomic E-state index is 0.594. The second-order valence-corrected chi connectivity index (χ2v) is 4.37. The fraction of sp³-hybridized carbons (Fsp3) is 0.467. The van der Waals surface area contributed by atoms with Crippen LogP contribution >= 0.6 is 0 Å². The van der Waals surface area contributed by atoms with Crippen LogP contribution in [0, 0.1) is 0 Å². The molecule has 0 N–H and O–H groups in total. The molecule has 0 radical (unpaired) electrons. The molecule has 0 aliphatic carbocycles. The van der Waals surface area contributed by atoms with Crippen LogP contribution in [0.2, 0.25) is 0 Å². The molecule has 2 rings (SSSR count). The summed E-state index contributed by atoms with van der Waals surface area (Å²) in [6.07, 6.45) is 4.20. The molecule has 0 bridgehead atoms. The van der Waals surface area contributed by atoms with Crippen molar-refractivity contribution in [3.63, 3.8) is 0 Å². The van der Waals surface area contributed by atoms with Crippen molar-refractivity contribution >= 4 is 0 Å². The third kappa shape index (κ3) is 4.93. The Labute approximate surface area is 114 Å². The Morgan fingerprint density at radius 2 is 1.79 bits per heavy atom. The summed E-state index contributed by atoms with van der Waals surface area (Å²) in [6.45, 7) is 5.28. The van der Waals surface area contributed by atoms with Crippen LogP contribution in [0.1, 0.15) is 0 Å². The van der Waals surface area contributed by atoms with Crippen LogP contribution in [0.4, 0.5) is 0 Å². The van der Waals surface area contributed by atoms with Gasteiger partial charge in [-0.1, -0.05) is 12.2 Å². The van der Waals surface area contributed by atoms with Crippen molar-refractivity contribution in [2.75, 3.05) is 46.6 Å². The van der Waals surface area contributed by atoms with E-state index in [1.165, 1.54) is 0 Å². The number of ether oxygens (including phenoxy) is 3. The smallest absolute Gasteiger partial charge is 0.120 e. The fourth-order valence-electron chi connectivity index (χ4n) is 1.89. The molecule has 0 unspecified atom stereocenters. The Bertz CT molecular complexity index is 383. The molecule has 1 aromatic rings. The van der Waals surface area contributed by atoms with Gasteiger partial charge < -0.3 is 14.2 Å². The number of morpholine rings is 1. The number of nitrogens with zero attached hydrogens (tertiary/aromatic N) is 1. The molecule has 0 saturated carbocycles. The average molecular weight is 263 g/mol. The molecule has 0 atom stereocenters. The number of rotatable bonds is 6. The Morgan fingerprint density at radius 1 is 1.11 bits per heavy atom. The lowest BCUT2D eigenvalue weighted by Gasteiger charge is -2.25. The lowest BCUT2D eigenvalue weighted by Crippen LogP contribution is -2.36. The van der Waals surface area contributed by atoms with Gasteiger partial charge in [-0.2, -0.15) is 0 Å². The third-order valence-corrected chi connectivity index (χ3v) is 3.04. The van der Waals surface area contributed by atoms with E-state index in [1.807, 2.05) is 24.3 Å². The Kier molecular flexibility index (Phi) is 5.72. The van der Waals surface area contributed by atoms with E-state index >= 15 is 0 Å². The second-order valence-electron chi connectivity index (χ2n) is 4.37. The molecule has 1 aromatic carbocycles. The highest BCUT2D eigenvalue weighted by Crippen LogP contribution is 2.16. The summed E-state index contributed by atoms with van der Waals surface area (Å²) in [6, 6.07) is 7.61. The zero-order valence-electron chi connectivity index (χ0n) is 11.4. The molecular formula is C15H21NO3. The van der Waals surface area contributed by atoms with Gasteiger partial charge >= 0.3 is 0 Å². The summed E-state index contributed by atoms with van der Waals surface area (Å²) < 4.78 is 16.0. The largest absolute Gasteiger partial charge is 0.497 e. The monoisotopic (exact) mass is 263 g/mol. The Morgan fingerprint density at radius 3 is 2.47 bits per heavy atom. The van der Waals surface area contributed by atoms with Crippen molar-refractivity contribution in [1.29, 1.82) is 0 Å².